The molecule has 126 valence electrons. The van der Waals surface area contributed by atoms with E-state index in [1.54, 1.807) is 0 Å². The van der Waals surface area contributed by atoms with Gasteiger partial charge in [0.1, 0.15) is 0 Å². The normalized spacial score (nSPS) is 33.3. The van der Waals surface area contributed by atoms with Crippen molar-refractivity contribution in [2.75, 3.05) is 6.54 Å². The highest BCUT2D eigenvalue weighted by molar-refractivity contribution is 5.76. The minimum atomic E-state index is 0.307. The third kappa shape index (κ3) is 4.04. The fourth-order valence-electron chi connectivity index (χ4n) is 5.41. The Morgan fingerprint density at radius 3 is 2.41 bits per heavy atom. The maximum Gasteiger partial charge on any atom is 0.220 e. The van der Waals surface area contributed by atoms with Crippen molar-refractivity contribution >= 4 is 5.91 Å². The highest BCUT2D eigenvalue weighted by Crippen LogP contribution is 2.42. The second-order valence-electron chi connectivity index (χ2n) is 8.76. The number of carbonyl (C=O) groups is 1. The van der Waals surface area contributed by atoms with Gasteiger partial charge >= 0.3 is 0 Å². The molecule has 3 rings (SSSR count). The molecule has 22 heavy (non-hydrogen) atoms. The fourth-order valence-corrected chi connectivity index (χ4v) is 5.41. The van der Waals surface area contributed by atoms with Gasteiger partial charge in [0, 0.05) is 25.0 Å². The Morgan fingerprint density at radius 1 is 1.18 bits per heavy atom. The van der Waals surface area contributed by atoms with Gasteiger partial charge in [0.25, 0.3) is 0 Å². The van der Waals surface area contributed by atoms with Gasteiger partial charge in [-0.1, -0.05) is 26.7 Å². The maximum absolute atomic E-state index is 12.4. The number of nitrogens with one attached hydrogen (secondary N) is 2. The van der Waals surface area contributed by atoms with Crippen LogP contribution in [0.15, 0.2) is 0 Å². The molecule has 3 heteroatoms. The van der Waals surface area contributed by atoms with Crippen LogP contribution in [0.25, 0.3) is 0 Å². The van der Waals surface area contributed by atoms with Crippen LogP contribution in [0.1, 0.15) is 78.1 Å². The molecule has 0 aromatic heterocycles. The van der Waals surface area contributed by atoms with Gasteiger partial charge in [0.15, 0.2) is 0 Å². The van der Waals surface area contributed by atoms with Gasteiger partial charge < -0.3 is 10.6 Å². The Labute approximate surface area is 136 Å². The van der Waals surface area contributed by atoms with Crippen LogP contribution in [-0.2, 0) is 4.79 Å². The molecule has 2 N–H and O–H groups in total. The number of piperidine rings is 1. The minimum absolute atomic E-state index is 0.307. The van der Waals surface area contributed by atoms with Crippen LogP contribution in [0.3, 0.4) is 0 Å². The number of amides is 1. The van der Waals surface area contributed by atoms with Crippen molar-refractivity contribution in [1.29, 1.82) is 0 Å². The first-order chi connectivity index (χ1) is 10.5. The van der Waals surface area contributed by atoms with Gasteiger partial charge in [-0.15, -0.1) is 0 Å². The summed E-state index contributed by atoms with van der Waals surface area (Å²) >= 11 is 0. The molecular formula is C19H34N2O. The second kappa shape index (κ2) is 6.90. The molecule has 2 bridgehead atoms. The Kier molecular flexibility index (Phi) is 5.11. The number of carbonyl (C=O) groups excluding carboxylic acids is 1. The van der Waals surface area contributed by atoms with Crippen LogP contribution in [0, 0.1) is 17.3 Å². The van der Waals surface area contributed by atoms with Crippen molar-refractivity contribution in [3.63, 3.8) is 0 Å². The molecule has 0 aromatic rings. The molecule has 2 heterocycles. The molecule has 0 spiro atoms. The van der Waals surface area contributed by atoms with Crippen LogP contribution in [-0.4, -0.2) is 24.5 Å². The lowest BCUT2D eigenvalue weighted by Gasteiger charge is -2.32. The molecule has 1 amide bonds. The van der Waals surface area contributed by atoms with Crippen molar-refractivity contribution in [1.82, 2.24) is 10.6 Å². The highest BCUT2D eigenvalue weighted by atomic mass is 16.1. The molecule has 0 aromatic carbocycles. The molecule has 2 saturated heterocycles. The van der Waals surface area contributed by atoms with Crippen LogP contribution in [0.2, 0.25) is 0 Å². The van der Waals surface area contributed by atoms with Crippen molar-refractivity contribution in [2.45, 2.75) is 90.1 Å². The summed E-state index contributed by atoms with van der Waals surface area (Å²) in [7, 11) is 0. The first kappa shape index (κ1) is 16.3. The lowest BCUT2D eigenvalue weighted by molar-refractivity contribution is -0.122. The molecule has 3 aliphatic rings. The molecule has 2 aliphatic heterocycles. The SMILES string of the molecule is CC(C)CC1(CNC(=O)CC2CC3CCC(C2)N3)CCCC1. The molecule has 3 fully saturated rings. The van der Waals surface area contributed by atoms with E-state index in [0.29, 0.717) is 29.3 Å². The van der Waals surface area contributed by atoms with E-state index in [4.69, 9.17) is 0 Å². The van der Waals surface area contributed by atoms with Crippen molar-refractivity contribution in [3.05, 3.63) is 0 Å². The topological polar surface area (TPSA) is 41.1 Å². The molecule has 1 saturated carbocycles. The van der Waals surface area contributed by atoms with E-state index in [-0.39, 0.29) is 0 Å². The monoisotopic (exact) mass is 306 g/mol. The van der Waals surface area contributed by atoms with Crippen molar-refractivity contribution in [3.8, 4) is 0 Å². The first-order valence-corrected chi connectivity index (χ1v) is 9.57. The van der Waals surface area contributed by atoms with Gasteiger partial charge in [-0.3, -0.25) is 4.79 Å². The van der Waals surface area contributed by atoms with Crippen LogP contribution < -0.4 is 10.6 Å². The zero-order valence-electron chi connectivity index (χ0n) is 14.5. The summed E-state index contributed by atoms with van der Waals surface area (Å²) in [5.41, 5.74) is 0.400. The summed E-state index contributed by atoms with van der Waals surface area (Å²) in [5.74, 6) is 1.65. The second-order valence-corrected chi connectivity index (χ2v) is 8.76. The fraction of sp³-hybridized carbons (Fsp3) is 0.947. The van der Waals surface area contributed by atoms with Crippen LogP contribution >= 0.6 is 0 Å². The lowest BCUT2D eigenvalue weighted by Crippen LogP contribution is -2.41. The van der Waals surface area contributed by atoms with Gasteiger partial charge in [-0.25, -0.2) is 0 Å². The smallest absolute Gasteiger partial charge is 0.220 e. The summed E-state index contributed by atoms with van der Waals surface area (Å²) < 4.78 is 0. The number of rotatable bonds is 6. The van der Waals surface area contributed by atoms with E-state index < -0.39 is 0 Å². The third-order valence-corrected chi connectivity index (χ3v) is 6.21. The largest absolute Gasteiger partial charge is 0.356 e. The zero-order valence-corrected chi connectivity index (χ0v) is 14.5. The van der Waals surface area contributed by atoms with Crippen molar-refractivity contribution in [2.24, 2.45) is 17.3 Å². The number of fused-ring (bicyclic) bond motifs is 2. The maximum atomic E-state index is 12.4. The lowest BCUT2D eigenvalue weighted by atomic mass is 9.78. The predicted molar refractivity (Wildman–Crippen MR) is 90.7 cm³/mol. The summed E-state index contributed by atoms with van der Waals surface area (Å²) in [6, 6.07) is 1.39. The van der Waals surface area contributed by atoms with E-state index in [2.05, 4.69) is 24.5 Å². The van der Waals surface area contributed by atoms with Gasteiger partial charge in [0.2, 0.25) is 5.91 Å². The van der Waals surface area contributed by atoms with E-state index in [0.717, 1.165) is 18.9 Å². The summed E-state index contributed by atoms with van der Waals surface area (Å²) in [6.45, 7) is 5.54. The van der Waals surface area contributed by atoms with E-state index in [1.807, 2.05) is 0 Å². The van der Waals surface area contributed by atoms with Crippen LogP contribution in [0.4, 0.5) is 0 Å². The highest BCUT2D eigenvalue weighted by Gasteiger charge is 2.36. The average Bonchev–Trinajstić information content (AvgIpc) is 3.04. The Hall–Kier alpha value is -0.570. The first-order valence-electron chi connectivity index (χ1n) is 9.57. The average molecular weight is 306 g/mol. The molecule has 3 nitrogen and oxygen atoms in total. The number of hydrogen-bond donors (Lipinski definition) is 2. The minimum Gasteiger partial charge on any atom is -0.356 e. The number of hydrogen-bond acceptors (Lipinski definition) is 2. The van der Waals surface area contributed by atoms with Crippen molar-refractivity contribution < 1.29 is 4.79 Å². The molecule has 2 atom stereocenters. The third-order valence-electron chi connectivity index (χ3n) is 6.21. The van der Waals surface area contributed by atoms with Crippen LogP contribution in [0.5, 0.6) is 0 Å². The Balaban J connectivity index is 1.45. The zero-order chi connectivity index (χ0) is 15.6. The van der Waals surface area contributed by atoms with E-state index >= 15 is 0 Å². The van der Waals surface area contributed by atoms with Gasteiger partial charge in [-0.05, 0) is 62.2 Å². The quantitative estimate of drug-likeness (QED) is 0.787. The summed E-state index contributed by atoms with van der Waals surface area (Å²) in [6.07, 6.45) is 12.4. The molecule has 1 aliphatic carbocycles. The van der Waals surface area contributed by atoms with E-state index in [1.165, 1.54) is 57.8 Å². The summed E-state index contributed by atoms with van der Waals surface area (Å²) in [4.78, 5) is 12.4. The molecule has 2 unspecified atom stereocenters. The predicted octanol–water partition coefficient (Wildman–Crippen LogP) is 3.63. The summed E-state index contributed by atoms with van der Waals surface area (Å²) in [5, 5.41) is 6.98. The van der Waals surface area contributed by atoms with E-state index in [9.17, 15) is 4.79 Å². The Bertz CT molecular complexity index is 375. The Morgan fingerprint density at radius 2 is 1.82 bits per heavy atom. The van der Waals surface area contributed by atoms with Gasteiger partial charge in [0.05, 0.1) is 0 Å². The van der Waals surface area contributed by atoms with Gasteiger partial charge in [-0.2, -0.15) is 0 Å². The standard InChI is InChI=1S/C19H34N2O/c1-14(2)12-19(7-3-4-8-19)13-20-18(22)11-15-9-16-5-6-17(10-15)21-16/h14-17,21H,3-13H2,1-2H3,(H,20,22). The molecular weight excluding hydrogens is 272 g/mol. The molecule has 0 radical (unpaired) electrons.